The van der Waals surface area contributed by atoms with E-state index in [0.717, 1.165) is 0 Å². The van der Waals surface area contributed by atoms with Gasteiger partial charge >= 0.3 is 0 Å². The predicted molar refractivity (Wildman–Crippen MR) is 73.2 cm³/mol. The lowest BCUT2D eigenvalue weighted by Crippen LogP contribution is -2.35. The third-order valence-corrected chi connectivity index (χ3v) is 4.58. The maximum atomic E-state index is 4.79. The van der Waals surface area contributed by atoms with Crippen molar-refractivity contribution < 1.29 is 0 Å². The van der Waals surface area contributed by atoms with Gasteiger partial charge in [0.25, 0.3) is 0 Å². The molecule has 0 aromatic carbocycles. The molecule has 0 aromatic rings. The minimum Gasteiger partial charge on any atom is -0.362 e. The van der Waals surface area contributed by atoms with Crippen LogP contribution < -0.4 is 5.32 Å². The molecule has 0 amide bonds. The molecule has 0 radical (unpaired) electrons. The van der Waals surface area contributed by atoms with Crippen LogP contribution in [-0.4, -0.2) is 23.0 Å². The number of nitrogens with one attached hydrogen (secondary N) is 1. The highest BCUT2D eigenvalue weighted by Gasteiger charge is 2.18. The van der Waals surface area contributed by atoms with Gasteiger partial charge in [-0.3, -0.25) is 4.99 Å². The van der Waals surface area contributed by atoms with Crippen molar-refractivity contribution in [1.29, 1.82) is 0 Å². The molecule has 1 unspecified atom stereocenters. The van der Waals surface area contributed by atoms with E-state index in [0.29, 0.717) is 12.1 Å². The van der Waals surface area contributed by atoms with E-state index >= 15 is 0 Å². The zero-order valence-corrected chi connectivity index (χ0v) is 11.2. The Hall–Kier alpha value is -0.180. The molecule has 1 aliphatic carbocycles. The van der Waals surface area contributed by atoms with Crippen molar-refractivity contribution in [1.82, 2.24) is 5.32 Å². The molecule has 16 heavy (non-hydrogen) atoms. The molecule has 2 aliphatic rings. The Balaban J connectivity index is 1.85. The Morgan fingerprint density at radius 2 is 1.94 bits per heavy atom. The molecule has 2 nitrogen and oxygen atoms in total. The first-order valence-corrected chi connectivity index (χ1v) is 7.84. The van der Waals surface area contributed by atoms with E-state index in [1.54, 1.807) is 0 Å². The number of nitrogens with zero attached hydrogens (tertiary/aromatic N) is 1. The molecular formula is C13H24N2S. The largest absolute Gasteiger partial charge is 0.362 e. The van der Waals surface area contributed by atoms with Crippen molar-refractivity contribution in [2.45, 2.75) is 70.4 Å². The highest BCUT2D eigenvalue weighted by molar-refractivity contribution is 8.13. The van der Waals surface area contributed by atoms with Crippen molar-refractivity contribution in [3.63, 3.8) is 0 Å². The van der Waals surface area contributed by atoms with Crippen molar-refractivity contribution >= 4 is 16.9 Å². The monoisotopic (exact) mass is 240 g/mol. The van der Waals surface area contributed by atoms with Crippen LogP contribution in [0.25, 0.3) is 0 Å². The van der Waals surface area contributed by atoms with Crippen LogP contribution in [0.15, 0.2) is 4.99 Å². The Kier molecular flexibility index (Phi) is 5.01. The second kappa shape index (κ2) is 6.53. The Labute approximate surface area is 104 Å². The summed E-state index contributed by atoms with van der Waals surface area (Å²) in [5.74, 6) is 1.25. The summed E-state index contributed by atoms with van der Waals surface area (Å²) in [5, 5.41) is 4.90. The van der Waals surface area contributed by atoms with Crippen LogP contribution in [0.1, 0.15) is 58.3 Å². The highest BCUT2D eigenvalue weighted by Crippen LogP contribution is 2.22. The summed E-state index contributed by atoms with van der Waals surface area (Å²) < 4.78 is 0. The fourth-order valence-electron chi connectivity index (χ4n) is 2.53. The van der Waals surface area contributed by atoms with Gasteiger partial charge in [-0.2, -0.15) is 0 Å². The van der Waals surface area contributed by atoms with Crippen LogP contribution in [0.5, 0.6) is 0 Å². The lowest BCUT2D eigenvalue weighted by Gasteiger charge is -2.23. The summed E-state index contributed by atoms with van der Waals surface area (Å²) in [6, 6.07) is 1.28. The van der Waals surface area contributed by atoms with E-state index < -0.39 is 0 Å². The van der Waals surface area contributed by atoms with E-state index in [4.69, 9.17) is 4.99 Å². The first-order valence-electron chi connectivity index (χ1n) is 6.85. The SMILES string of the molecule is CCC1CCSC(NC2CCCCCC2)=N1. The zero-order chi connectivity index (χ0) is 11.2. The van der Waals surface area contributed by atoms with Gasteiger partial charge in [-0.05, 0) is 25.7 Å². The summed E-state index contributed by atoms with van der Waals surface area (Å²) in [5.41, 5.74) is 0. The molecule has 1 atom stereocenters. The van der Waals surface area contributed by atoms with Gasteiger partial charge < -0.3 is 5.32 Å². The normalized spacial score (nSPS) is 28.3. The number of hydrogen-bond acceptors (Lipinski definition) is 3. The standard InChI is InChI=1S/C13H24N2S/c1-2-11-9-10-16-13(14-11)15-12-7-5-3-4-6-8-12/h11-12H,2-10H2,1H3,(H,14,15). The van der Waals surface area contributed by atoms with E-state index in [2.05, 4.69) is 12.2 Å². The van der Waals surface area contributed by atoms with Crippen LogP contribution in [0.4, 0.5) is 0 Å². The summed E-state index contributed by atoms with van der Waals surface area (Å²) in [7, 11) is 0. The molecule has 0 aromatic heterocycles. The molecule has 92 valence electrons. The Morgan fingerprint density at radius 3 is 2.62 bits per heavy atom. The third-order valence-electron chi connectivity index (χ3n) is 3.64. The molecule has 1 fully saturated rings. The van der Waals surface area contributed by atoms with Crippen LogP contribution in [0, 0.1) is 0 Å². The first kappa shape index (κ1) is 12.3. The fourth-order valence-corrected chi connectivity index (χ4v) is 3.59. The van der Waals surface area contributed by atoms with Crippen molar-refractivity contribution in [3.05, 3.63) is 0 Å². The second-order valence-corrected chi connectivity index (χ2v) is 6.05. The topological polar surface area (TPSA) is 24.4 Å². The van der Waals surface area contributed by atoms with Crippen molar-refractivity contribution in [3.8, 4) is 0 Å². The van der Waals surface area contributed by atoms with Gasteiger partial charge in [0.1, 0.15) is 0 Å². The third kappa shape index (κ3) is 3.69. The predicted octanol–water partition coefficient (Wildman–Crippen LogP) is 3.57. The summed E-state index contributed by atoms with van der Waals surface area (Å²) >= 11 is 1.92. The van der Waals surface area contributed by atoms with Gasteiger partial charge in [-0.25, -0.2) is 0 Å². The fraction of sp³-hybridized carbons (Fsp3) is 0.923. The Morgan fingerprint density at radius 1 is 1.19 bits per heavy atom. The quantitative estimate of drug-likeness (QED) is 0.746. The molecule has 0 bridgehead atoms. The molecule has 0 saturated heterocycles. The summed E-state index contributed by atoms with van der Waals surface area (Å²) in [6.45, 7) is 2.24. The lowest BCUT2D eigenvalue weighted by molar-refractivity contribution is 0.530. The average Bonchev–Trinajstić information content (AvgIpc) is 2.58. The molecule has 1 N–H and O–H groups in total. The van der Waals surface area contributed by atoms with Crippen LogP contribution >= 0.6 is 11.8 Å². The molecular weight excluding hydrogens is 216 g/mol. The number of aliphatic imine (C=N–C) groups is 1. The van der Waals surface area contributed by atoms with Gasteiger partial charge in [-0.15, -0.1) is 0 Å². The van der Waals surface area contributed by atoms with Gasteiger partial charge in [0.2, 0.25) is 0 Å². The molecule has 1 heterocycles. The van der Waals surface area contributed by atoms with Gasteiger partial charge in [0, 0.05) is 11.8 Å². The number of hydrogen-bond donors (Lipinski definition) is 1. The van der Waals surface area contributed by atoms with Crippen LogP contribution in [0.2, 0.25) is 0 Å². The van der Waals surface area contributed by atoms with Crippen LogP contribution in [-0.2, 0) is 0 Å². The van der Waals surface area contributed by atoms with Gasteiger partial charge in [-0.1, -0.05) is 44.4 Å². The average molecular weight is 240 g/mol. The highest BCUT2D eigenvalue weighted by atomic mass is 32.2. The molecule has 1 saturated carbocycles. The van der Waals surface area contributed by atoms with E-state index in [1.807, 2.05) is 11.8 Å². The number of amidine groups is 1. The van der Waals surface area contributed by atoms with Gasteiger partial charge in [0.05, 0.1) is 6.04 Å². The molecule has 1 aliphatic heterocycles. The van der Waals surface area contributed by atoms with E-state index in [1.165, 1.54) is 62.3 Å². The van der Waals surface area contributed by atoms with Crippen LogP contribution in [0.3, 0.4) is 0 Å². The lowest BCUT2D eigenvalue weighted by atomic mass is 10.1. The molecule has 3 heteroatoms. The first-order chi connectivity index (χ1) is 7.88. The number of thioether (sulfide) groups is 1. The maximum absolute atomic E-state index is 4.79. The van der Waals surface area contributed by atoms with E-state index in [9.17, 15) is 0 Å². The molecule has 0 spiro atoms. The van der Waals surface area contributed by atoms with E-state index in [-0.39, 0.29) is 0 Å². The zero-order valence-electron chi connectivity index (χ0n) is 10.4. The summed E-state index contributed by atoms with van der Waals surface area (Å²) in [6.07, 6.45) is 10.8. The maximum Gasteiger partial charge on any atom is 0.157 e. The summed E-state index contributed by atoms with van der Waals surface area (Å²) in [4.78, 5) is 4.79. The minimum absolute atomic E-state index is 0.578. The second-order valence-electron chi connectivity index (χ2n) is 4.97. The van der Waals surface area contributed by atoms with Crippen molar-refractivity contribution in [2.24, 2.45) is 4.99 Å². The van der Waals surface area contributed by atoms with Crippen molar-refractivity contribution in [2.75, 3.05) is 5.75 Å². The Bertz CT molecular complexity index is 232. The minimum atomic E-state index is 0.578. The van der Waals surface area contributed by atoms with Gasteiger partial charge in [0.15, 0.2) is 5.17 Å². The molecule has 2 rings (SSSR count). The number of rotatable bonds is 2. The smallest absolute Gasteiger partial charge is 0.157 e.